The molecule has 0 aliphatic heterocycles. The van der Waals surface area contributed by atoms with Crippen LogP contribution in [-0.2, 0) is 11.8 Å². The number of amides is 1. The SMILES string of the molecule is CCC(C(=O)Nc1ccc2nn(C)cc2c1)n1cnc(-c2cc(Cl)ccc2-n2cc(Cl)nn2)cc1=O. The molecule has 1 N–H and O–H groups in total. The zero-order chi connectivity index (χ0) is 25.4. The Morgan fingerprint density at radius 3 is 2.67 bits per heavy atom. The van der Waals surface area contributed by atoms with Crippen LogP contribution >= 0.6 is 23.2 Å². The predicted molar refractivity (Wildman–Crippen MR) is 138 cm³/mol. The Balaban J connectivity index is 1.45. The first-order valence-corrected chi connectivity index (χ1v) is 11.8. The lowest BCUT2D eigenvalue weighted by Gasteiger charge is -2.18. The summed E-state index contributed by atoms with van der Waals surface area (Å²) < 4.78 is 4.50. The van der Waals surface area contributed by atoms with Gasteiger partial charge in [-0.15, -0.1) is 5.10 Å². The first kappa shape index (κ1) is 23.7. The molecule has 36 heavy (non-hydrogen) atoms. The van der Waals surface area contributed by atoms with Gasteiger partial charge in [0.25, 0.3) is 5.56 Å². The predicted octanol–water partition coefficient (Wildman–Crippen LogP) is 4.27. The van der Waals surface area contributed by atoms with Gasteiger partial charge in [0.05, 0.1) is 29.4 Å². The van der Waals surface area contributed by atoms with Crippen molar-refractivity contribution in [1.29, 1.82) is 0 Å². The number of halogens is 2. The molecule has 0 aliphatic rings. The number of carbonyl (C=O) groups excluding carboxylic acids is 1. The molecule has 0 radical (unpaired) electrons. The van der Waals surface area contributed by atoms with Crippen molar-refractivity contribution in [3.05, 3.63) is 81.7 Å². The molecule has 1 atom stereocenters. The minimum Gasteiger partial charge on any atom is -0.324 e. The minimum absolute atomic E-state index is 0.221. The fourth-order valence-corrected chi connectivity index (χ4v) is 4.32. The molecule has 1 unspecified atom stereocenters. The van der Waals surface area contributed by atoms with Gasteiger partial charge in [-0.3, -0.25) is 18.8 Å². The van der Waals surface area contributed by atoms with E-state index in [9.17, 15) is 9.59 Å². The maximum Gasteiger partial charge on any atom is 0.254 e. The number of aryl methyl sites for hydroxylation is 1. The Labute approximate surface area is 215 Å². The molecule has 3 aromatic heterocycles. The van der Waals surface area contributed by atoms with Crippen LogP contribution in [0.2, 0.25) is 10.2 Å². The summed E-state index contributed by atoms with van der Waals surface area (Å²) in [4.78, 5) is 30.7. The first-order chi connectivity index (χ1) is 17.3. The van der Waals surface area contributed by atoms with Crippen LogP contribution in [-0.4, -0.2) is 40.2 Å². The quantitative estimate of drug-likeness (QED) is 0.356. The fourth-order valence-electron chi connectivity index (χ4n) is 4.03. The monoisotopic (exact) mass is 522 g/mol. The van der Waals surface area contributed by atoms with E-state index >= 15 is 0 Å². The summed E-state index contributed by atoms with van der Waals surface area (Å²) in [6.45, 7) is 1.83. The Bertz CT molecular complexity index is 1660. The summed E-state index contributed by atoms with van der Waals surface area (Å²) in [5, 5.41) is 16.6. The third-order valence-corrected chi connectivity index (χ3v) is 6.10. The molecule has 0 fully saturated rings. The van der Waals surface area contributed by atoms with Crippen LogP contribution < -0.4 is 10.9 Å². The van der Waals surface area contributed by atoms with E-state index in [2.05, 4.69) is 25.7 Å². The molecular weight excluding hydrogens is 503 g/mol. The van der Waals surface area contributed by atoms with Crippen molar-refractivity contribution in [2.75, 3.05) is 5.32 Å². The number of aromatic nitrogens is 7. The number of anilines is 1. The molecule has 0 aliphatic carbocycles. The van der Waals surface area contributed by atoms with E-state index in [-0.39, 0.29) is 16.6 Å². The average molecular weight is 523 g/mol. The highest BCUT2D eigenvalue weighted by Crippen LogP contribution is 2.28. The highest BCUT2D eigenvalue weighted by atomic mass is 35.5. The van der Waals surface area contributed by atoms with Crippen LogP contribution in [0.3, 0.4) is 0 Å². The van der Waals surface area contributed by atoms with E-state index in [1.807, 2.05) is 32.3 Å². The number of carbonyl (C=O) groups is 1. The molecule has 1 amide bonds. The molecule has 5 aromatic rings. The van der Waals surface area contributed by atoms with E-state index in [0.717, 1.165) is 10.9 Å². The van der Waals surface area contributed by atoms with Gasteiger partial charge in [0.2, 0.25) is 5.91 Å². The zero-order valence-electron chi connectivity index (χ0n) is 19.3. The Kier molecular flexibility index (Phi) is 6.29. The van der Waals surface area contributed by atoms with Gasteiger partial charge in [0, 0.05) is 41.0 Å². The normalized spacial score (nSPS) is 12.1. The lowest BCUT2D eigenvalue weighted by molar-refractivity contribution is -0.119. The molecule has 3 heterocycles. The summed E-state index contributed by atoms with van der Waals surface area (Å²) in [6.07, 6.45) is 5.17. The third kappa shape index (κ3) is 4.60. The Morgan fingerprint density at radius 1 is 1.11 bits per heavy atom. The molecule has 0 saturated carbocycles. The molecule has 10 nitrogen and oxygen atoms in total. The van der Waals surface area contributed by atoms with Crippen LogP contribution in [0.1, 0.15) is 19.4 Å². The van der Waals surface area contributed by atoms with E-state index < -0.39 is 6.04 Å². The van der Waals surface area contributed by atoms with Crippen molar-refractivity contribution in [3.63, 3.8) is 0 Å². The summed E-state index contributed by atoms with van der Waals surface area (Å²) in [5.41, 5.74) is 2.60. The van der Waals surface area contributed by atoms with Gasteiger partial charge in [-0.05, 0) is 42.8 Å². The van der Waals surface area contributed by atoms with Crippen LogP contribution in [0, 0.1) is 0 Å². The number of hydrogen-bond acceptors (Lipinski definition) is 6. The molecule has 0 spiro atoms. The van der Waals surface area contributed by atoms with Gasteiger partial charge in [-0.2, -0.15) is 5.10 Å². The second-order valence-electron chi connectivity index (χ2n) is 8.16. The molecule has 0 saturated heterocycles. The first-order valence-electron chi connectivity index (χ1n) is 11.0. The van der Waals surface area contributed by atoms with E-state index in [1.54, 1.807) is 28.9 Å². The largest absolute Gasteiger partial charge is 0.324 e. The van der Waals surface area contributed by atoms with E-state index in [0.29, 0.717) is 34.1 Å². The molecule has 12 heteroatoms. The Hall–Kier alpha value is -4.02. The minimum atomic E-state index is -0.753. The van der Waals surface area contributed by atoms with Gasteiger partial charge >= 0.3 is 0 Å². The molecule has 2 aromatic carbocycles. The van der Waals surface area contributed by atoms with Gasteiger partial charge in [-0.1, -0.05) is 35.3 Å². The van der Waals surface area contributed by atoms with Crippen LogP contribution in [0.5, 0.6) is 0 Å². The smallest absolute Gasteiger partial charge is 0.254 e. The summed E-state index contributed by atoms with van der Waals surface area (Å²) >= 11 is 12.1. The van der Waals surface area contributed by atoms with Crippen molar-refractivity contribution in [3.8, 4) is 16.9 Å². The van der Waals surface area contributed by atoms with Gasteiger partial charge in [-0.25, -0.2) is 9.67 Å². The second kappa shape index (κ2) is 9.56. The van der Waals surface area contributed by atoms with Gasteiger partial charge in [0.15, 0.2) is 5.15 Å². The van der Waals surface area contributed by atoms with Crippen molar-refractivity contribution in [1.82, 2.24) is 34.3 Å². The number of nitrogens with one attached hydrogen (secondary N) is 1. The number of fused-ring (bicyclic) bond motifs is 1. The van der Waals surface area contributed by atoms with Crippen molar-refractivity contribution < 1.29 is 4.79 Å². The van der Waals surface area contributed by atoms with Crippen molar-refractivity contribution >= 4 is 45.7 Å². The summed E-state index contributed by atoms with van der Waals surface area (Å²) in [5.74, 6) is -0.321. The number of benzene rings is 2. The van der Waals surface area contributed by atoms with Gasteiger partial charge in [0.1, 0.15) is 6.04 Å². The van der Waals surface area contributed by atoms with Crippen molar-refractivity contribution in [2.24, 2.45) is 7.05 Å². The lowest BCUT2D eigenvalue weighted by Crippen LogP contribution is -2.33. The van der Waals surface area contributed by atoms with E-state index in [1.165, 1.54) is 27.8 Å². The molecule has 0 bridgehead atoms. The molecule has 5 rings (SSSR count). The number of hydrogen-bond donors (Lipinski definition) is 1. The summed E-state index contributed by atoms with van der Waals surface area (Å²) in [7, 11) is 1.84. The maximum absolute atomic E-state index is 13.1. The number of rotatable bonds is 6. The van der Waals surface area contributed by atoms with Gasteiger partial charge < -0.3 is 5.32 Å². The maximum atomic E-state index is 13.1. The highest BCUT2D eigenvalue weighted by molar-refractivity contribution is 6.31. The van der Waals surface area contributed by atoms with Crippen LogP contribution in [0.4, 0.5) is 5.69 Å². The lowest BCUT2D eigenvalue weighted by atomic mass is 10.1. The second-order valence-corrected chi connectivity index (χ2v) is 8.98. The Morgan fingerprint density at radius 2 is 1.94 bits per heavy atom. The molecular formula is C24H20Cl2N8O2. The summed E-state index contributed by atoms with van der Waals surface area (Å²) in [6, 6.07) is 11.2. The fraction of sp³-hybridized carbons (Fsp3) is 0.167. The topological polar surface area (TPSA) is 113 Å². The van der Waals surface area contributed by atoms with Crippen LogP contribution in [0.25, 0.3) is 27.8 Å². The zero-order valence-corrected chi connectivity index (χ0v) is 20.8. The number of nitrogens with zero attached hydrogens (tertiary/aromatic N) is 7. The highest BCUT2D eigenvalue weighted by Gasteiger charge is 2.21. The van der Waals surface area contributed by atoms with Crippen molar-refractivity contribution in [2.45, 2.75) is 19.4 Å². The standard InChI is InChI=1S/C24H20Cl2N8O2/c1-3-20(24(36)28-16-5-6-18-14(8-16)11-32(2)30-18)33-13-27-19(10-23(33)35)17-9-15(25)4-7-21(17)34-12-22(26)29-31-34/h4-13,20H,3H2,1-2H3,(H,28,36). The average Bonchev–Trinajstić information content (AvgIpc) is 3.44. The van der Waals surface area contributed by atoms with E-state index in [4.69, 9.17) is 23.2 Å². The van der Waals surface area contributed by atoms with Crippen LogP contribution in [0.15, 0.2) is 66.0 Å². The molecule has 182 valence electrons. The third-order valence-electron chi connectivity index (χ3n) is 5.69.